The summed E-state index contributed by atoms with van der Waals surface area (Å²) in [6, 6.07) is 13.2. The highest BCUT2D eigenvalue weighted by Crippen LogP contribution is 2.23. The Hall–Kier alpha value is -2.88. The predicted molar refractivity (Wildman–Crippen MR) is 127 cm³/mol. The van der Waals surface area contributed by atoms with E-state index in [0.29, 0.717) is 24.3 Å². The first kappa shape index (κ1) is 23.8. The molecule has 2 N–H and O–H groups in total. The van der Waals surface area contributed by atoms with Crippen molar-refractivity contribution in [3.8, 4) is 11.8 Å². The van der Waals surface area contributed by atoms with Crippen LogP contribution in [0.3, 0.4) is 0 Å². The molecule has 1 saturated heterocycles. The molecule has 2 heterocycles. The molecule has 1 aliphatic rings. The Morgan fingerprint density at radius 1 is 1.28 bits per heavy atom. The first-order valence-corrected chi connectivity index (χ1v) is 11.8. The third-order valence-electron chi connectivity index (χ3n) is 5.61. The largest absolute Gasteiger partial charge is 0.477 e. The number of carbonyl (C=O) groups is 2. The van der Waals surface area contributed by atoms with Crippen LogP contribution < -0.4 is 0 Å². The molecule has 0 saturated carbocycles. The van der Waals surface area contributed by atoms with E-state index in [1.54, 1.807) is 12.1 Å². The Labute approximate surface area is 193 Å². The number of rotatable bonds is 9. The number of aliphatic hydroxyl groups excluding tert-OH is 1. The lowest BCUT2D eigenvalue weighted by molar-refractivity contribution is -0.128. The number of aliphatic hydroxyl groups is 1. The zero-order valence-corrected chi connectivity index (χ0v) is 19.1. The summed E-state index contributed by atoms with van der Waals surface area (Å²) < 4.78 is 0. The van der Waals surface area contributed by atoms with E-state index in [1.807, 2.05) is 54.3 Å². The number of carboxylic acid groups (broad SMARTS) is 1. The van der Waals surface area contributed by atoms with Crippen LogP contribution in [0.5, 0.6) is 0 Å². The van der Waals surface area contributed by atoms with E-state index in [1.165, 1.54) is 11.3 Å². The first-order chi connectivity index (χ1) is 15.4. The molecule has 1 aliphatic heterocycles. The number of aryl methyl sites for hydroxylation is 1. The molecular formula is C26H29NO4S. The lowest BCUT2D eigenvalue weighted by Crippen LogP contribution is -2.33. The Kier molecular flexibility index (Phi) is 8.66. The van der Waals surface area contributed by atoms with E-state index in [2.05, 4.69) is 11.8 Å². The van der Waals surface area contributed by atoms with Crippen LogP contribution in [0.2, 0.25) is 0 Å². The predicted octanol–water partition coefficient (Wildman–Crippen LogP) is 4.36. The molecule has 168 valence electrons. The molecule has 6 heteroatoms. The maximum Gasteiger partial charge on any atom is 0.345 e. The van der Waals surface area contributed by atoms with Gasteiger partial charge in [-0.3, -0.25) is 4.79 Å². The van der Waals surface area contributed by atoms with E-state index >= 15 is 0 Å². The zero-order chi connectivity index (χ0) is 22.9. The van der Waals surface area contributed by atoms with Crippen LogP contribution in [0.15, 0.2) is 54.6 Å². The van der Waals surface area contributed by atoms with Gasteiger partial charge in [-0.15, -0.1) is 11.3 Å². The molecule has 0 spiro atoms. The third-order valence-corrected chi connectivity index (χ3v) is 6.75. The van der Waals surface area contributed by atoms with Gasteiger partial charge >= 0.3 is 5.97 Å². The summed E-state index contributed by atoms with van der Waals surface area (Å²) in [5, 5.41) is 19.5. The quantitative estimate of drug-likeness (QED) is 0.439. The molecule has 3 atom stereocenters. The summed E-state index contributed by atoms with van der Waals surface area (Å²) in [4.78, 5) is 26.5. The van der Waals surface area contributed by atoms with Gasteiger partial charge in [0.15, 0.2) is 0 Å². The fourth-order valence-corrected chi connectivity index (χ4v) is 4.57. The topological polar surface area (TPSA) is 77.8 Å². The van der Waals surface area contributed by atoms with Crippen LogP contribution in [0.25, 0.3) is 0 Å². The summed E-state index contributed by atoms with van der Waals surface area (Å²) >= 11 is 1.29. The average Bonchev–Trinajstić information content (AvgIpc) is 3.40. The van der Waals surface area contributed by atoms with Crippen molar-refractivity contribution in [3.63, 3.8) is 0 Å². The van der Waals surface area contributed by atoms with Crippen LogP contribution in [-0.2, 0) is 11.2 Å². The maximum atomic E-state index is 12.3. The molecule has 1 fully saturated rings. The van der Waals surface area contributed by atoms with Gasteiger partial charge < -0.3 is 15.1 Å². The second-order valence-corrected chi connectivity index (χ2v) is 9.26. The Bertz CT molecular complexity index is 1000. The SMILES string of the molecule is C[C@H](CC#Cc1ccccc1)[C@H](O)C=C[C@H]1CCC(=O)N1CCCc1ccc(C(=O)O)s1. The minimum absolute atomic E-state index is 0.00216. The van der Waals surface area contributed by atoms with E-state index in [0.717, 1.165) is 29.7 Å². The van der Waals surface area contributed by atoms with Crippen molar-refractivity contribution in [2.75, 3.05) is 6.54 Å². The van der Waals surface area contributed by atoms with Gasteiger partial charge in [0.2, 0.25) is 5.91 Å². The van der Waals surface area contributed by atoms with Crippen LogP contribution in [-0.4, -0.2) is 45.7 Å². The van der Waals surface area contributed by atoms with Gasteiger partial charge in [0.1, 0.15) is 4.88 Å². The second kappa shape index (κ2) is 11.7. The van der Waals surface area contributed by atoms with Gasteiger partial charge in [0.25, 0.3) is 0 Å². The van der Waals surface area contributed by atoms with Gasteiger partial charge in [-0.2, -0.15) is 0 Å². The van der Waals surface area contributed by atoms with Crippen LogP contribution in [0.1, 0.15) is 52.7 Å². The molecule has 0 aliphatic carbocycles. The second-order valence-electron chi connectivity index (χ2n) is 8.09. The number of likely N-dealkylation sites (tertiary alicyclic amines) is 1. The Balaban J connectivity index is 1.48. The number of carboxylic acids is 1. The standard InChI is InChI=1S/C26H29NO4S/c1-19(7-5-10-20-8-3-2-4-9-20)23(28)15-12-21-13-17-25(29)27(21)18-6-11-22-14-16-24(32-22)26(30)31/h2-4,8-9,12,14-16,19,21,23,28H,6-7,11,13,17-18H2,1H3,(H,30,31)/t19-,21+,23-/m1/s1. The number of hydrogen-bond donors (Lipinski definition) is 2. The van der Waals surface area contributed by atoms with Crippen LogP contribution in [0, 0.1) is 17.8 Å². The first-order valence-electron chi connectivity index (χ1n) is 11.0. The fraction of sp³-hybridized carbons (Fsp3) is 0.385. The van der Waals surface area contributed by atoms with Crippen LogP contribution >= 0.6 is 11.3 Å². The summed E-state index contributed by atoms with van der Waals surface area (Å²) in [5.41, 5.74) is 0.964. The average molecular weight is 452 g/mol. The summed E-state index contributed by atoms with van der Waals surface area (Å²) in [7, 11) is 0. The number of carbonyl (C=O) groups excluding carboxylic acids is 1. The van der Waals surface area contributed by atoms with Gasteiger partial charge in [-0.05, 0) is 49.4 Å². The molecule has 3 rings (SSSR count). The Morgan fingerprint density at radius 3 is 2.78 bits per heavy atom. The number of hydrogen-bond acceptors (Lipinski definition) is 4. The van der Waals surface area contributed by atoms with Crippen molar-refractivity contribution < 1.29 is 19.8 Å². The van der Waals surface area contributed by atoms with Gasteiger partial charge in [0.05, 0.1) is 12.1 Å². The molecule has 0 unspecified atom stereocenters. The highest BCUT2D eigenvalue weighted by Gasteiger charge is 2.28. The molecule has 0 radical (unpaired) electrons. The number of nitrogens with zero attached hydrogens (tertiary/aromatic N) is 1. The minimum Gasteiger partial charge on any atom is -0.477 e. The van der Waals surface area contributed by atoms with Crippen molar-refractivity contribution in [2.45, 2.75) is 51.2 Å². The van der Waals surface area contributed by atoms with E-state index in [9.17, 15) is 14.7 Å². The van der Waals surface area contributed by atoms with Gasteiger partial charge in [-0.25, -0.2) is 4.79 Å². The highest BCUT2D eigenvalue weighted by atomic mass is 32.1. The van der Waals surface area contributed by atoms with Crippen LogP contribution in [0.4, 0.5) is 0 Å². The molecule has 1 aromatic carbocycles. The number of thiophene rings is 1. The van der Waals surface area contributed by atoms with Crippen molar-refractivity contribution in [1.29, 1.82) is 0 Å². The molecule has 5 nitrogen and oxygen atoms in total. The van der Waals surface area contributed by atoms with Gasteiger partial charge in [-0.1, -0.05) is 49.1 Å². The smallest absolute Gasteiger partial charge is 0.345 e. The molecule has 1 aromatic heterocycles. The maximum absolute atomic E-state index is 12.3. The summed E-state index contributed by atoms with van der Waals surface area (Å²) in [6.45, 7) is 2.60. The minimum atomic E-state index is -0.903. The van der Waals surface area contributed by atoms with E-state index in [-0.39, 0.29) is 17.9 Å². The van der Waals surface area contributed by atoms with Crippen molar-refractivity contribution in [1.82, 2.24) is 4.90 Å². The van der Waals surface area contributed by atoms with Crippen molar-refractivity contribution >= 4 is 23.2 Å². The number of amides is 1. The van der Waals surface area contributed by atoms with E-state index in [4.69, 9.17) is 5.11 Å². The highest BCUT2D eigenvalue weighted by molar-refractivity contribution is 7.13. The van der Waals surface area contributed by atoms with Gasteiger partial charge in [0, 0.05) is 29.8 Å². The number of aromatic carboxylic acids is 1. The van der Waals surface area contributed by atoms with Crippen molar-refractivity contribution in [3.05, 3.63) is 69.9 Å². The Morgan fingerprint density at radius 2 is 2.06 bits per heavy atom. The van der Waals surface area contributed by atoms with E-state index < -0.39 is 12.1 Å². The summed E-state index contributed by atoms with van der Waals surface area (Å²) in [6.07, 6.45) is 6.53. The zero-order valence-electron chi connectivity index (χ0n) is 18.2. The molecule has 0 bridgehead atoms. The molecular weight excluding hydrogens is 422 g/mol. The monoisotopic (exact) mass is 451 g/mol. The molecule has 1 amide bonds. The summed E-state index contributed by atoms with van der Waals surface area (Å²) in [5.74, 6) is 5.47. The fourth-order valence-electron chi connectivity index (χ4n) is 3.69. The third kappa shape index (κ3) is 6.81. The molecule has 2 aromatic rings. The lowest BCUT2D eigenvalue weighted by atomic mass is 9.99. The normalized spacial score (nSPS) is 17.9. The molecule has 32 heavy (non-hydrogen) atoms. The van der Waals surface area contributed by atoms with Crippen molar-refractivity contribution in [2.24, 2.45) is 5.92 Å². The lowest BCUT2D eigenvalue weighted by Gasteiger charge is -2.23. The number of benzene rings is 1.